The monoisotopic (exact) mass is 229 g/mol. The Hall–Kier alpha value is -1.07. The minimum absolute atomic E-state index is 0.391. The number of nitrogen functional groups attached to an aromatic ring is 1. The molecule has 0 saturated heterocycles. The molecule has 1 atom stereocenters. The average Bonchev–Trinajstić information content (AvgIpc) is 2.12. The summed E-state index contributed by atoms with van der Waals surface area (Å²) < 4.78 is 31.4. The first-order valence-corrected chi connectivity index (χ1v) is 6.27. The molecule has 0 fully saturated rings. The second-order valence-electron chi connectivity index (χ2n) is 3.46. The molecule has 1 unspecified atom stereocenters. The largest absolute Gasteiger partial charge is 0.399 e. The normalized spacial score (nSPS) is 13.7. The first-order chi connectivity index (χ1) is 6.95. The molecule has 1 rings (SSSR count). The molecule has 0 aliphatic rings. The first kappa shape index (κ1) is 12.0. The van der Waals surface area contributed by atoms with E-state index < -0.39 is 15.4 Å². The second kappa shape index (κ2) is 4.63. The molecule has 84 valence electrons. The Labute approximate surface area is 89.9 Å². The zero-order valence-corrected chi connectivity index (χ0v) is 9.37. The van der Waals surface area contributed by atoms with Crippen molar-refractivity contribution in [2.75, 3.05) is 5.73 Å². The molecular weight excluding hydrogens is 214 g/mol. The van der Waals surface area contributed by atoms with Gasteiger partial charge in [-0.05, 0) is 24.1 Å². The molecule has 15 heavy (non-hydrogen) atoms. The van der Waals surface area contributed by atoms with Gasteiger partial charge in [0, 0.05) is 5.69 Å². The van der Waals surface area contributed by atoms with Crippen LogP contribution in [0.5, 0.6) is 0 Å². The number of anilines is 1. The number of rotatable bonds is 4. The lowest BCUT2D eigenvalue weighted by Gasteiger charge is -2.13. The third-order valence-corrected chi connectivity index (χ3v) is 3.42. The van der Waals surface area contributed by atoms with Crippen LogP contribution in [-0.2, 0) is 10.1 Å². The average molecular weight is 229 g/mol. The molecule has 1 aromatic carbocycles. The molecule has 0 amide bonds. The number of nitrogens with two attached hydrogens (primary N) is 1. The van der Waals surface area contributed by atoms with Crippen LogP contribution in [0, 0.1) is 0 Å². The van der Waals surface area contributed by atoms with Crippen molar-refractivity contribution in [1.29, 1.82) is 0 Å². The second-order valence-corrected chi connectivity index (χ2v) is 5.06. The molecule has 0 spiro atoms. The van der Waals surface area contributed by atoms with Crippen LogP contribution in [0.4, 0.5) is 5.69 Å². The van der Waals surface area contributed by atoms with Crippen molar-refractivity contribution in [3.63, 3.8) is 0 Å². The topological polar surface area (TPSA) is 80.4 Å². The Morgan fingerprint density at radius 2 is 2.13 bits per heavy atom. The summed E-state index contributed by atoms with van der Waals surface area (Å²) in [6, 6.07) is 6.59. The molecule has 0 saturated carbocycles. The van der Waals surface area contributed by atoms with Crippen molar-refractivity contribution in [3.8, 4) is 0 Å². The summed E-state index contributed by atoms with van der Waals surface area (Å²) in [5.74, 6) is 0. The summed E-state index contributed by atoms with van der Waals surface area (Å²) in [5.41, 5.74) is 6.60. The van der Waals surface area contributed by atoms with E-state index in [1.807, 2.05) is 6.92 Å². The maximum absolute atomic E-state index is 11.1. The van der Waals surface area contributed by atoms with Gasteiger partial charge in [0.15, 0.2) is 0 Å². The van der Waals surface area contributed by atoms with Crippen molar-refractivity contribution >= 4 is 15.8 Å². The van der Waals surface area contributed by atoms with Gasteiger partial charge in [-0.15, -0.1) is 0 Å². The van der Waals surface area contributed by atoms with Crippen molar-refractivity contribution in [1.82, 2.24) is 0 Å². The number of hydrogen-bond donors (Lipinski definition) is 2. The Morgan fingerprint density at radius 3 is 2.60 bits per heavy atom. The lowest BCUT2D eigenvalue weighted by atomic mass is 10.1. The van der Waals surface area contributed by atoms with Crippen LogP contribution >= 0.6 is 0 Å². The quantitative estimate of drug-likeness (QED) is 0.611. The van der Waals surface area contributed by atoms with Gasteiger partial charge in [0.1, 0.15) is 5.25 Å². The minimum Gasteiger partial charge on any atom is -0.399 e. The van der Waals surface area contributed by atoms with E-state index >= 15 is 0 Å². The summed E-state index contributed by atoms with van der Waals surface area (Å²) in [5, 5.41) is -0.869. The summed E-state index contributed by atoms with van der Waals surface area (Å²) in [4.78, 5) is 0. The summed E-state index contributed by atoms with van der Waals surface area (Å²) >= 11 is 0. The molecule has 5 heteroatoms. The Balaban J connectivity index is 3.10. The fraction of sp³-hybridized carbons (Fsp3) is 0.400. The predicted octanol–water partition coefficient (Wildman–Crippen LogP) is 2.00. The van der Waals surface area contributed by atoms with Crippen molar-refractivity contribution in [2.45, 2.75) is 25.0 Å². The molecule has 4 nitrogen and oxygen atoms in total. The summed E-state index contributed by atoms with van der Waals surface area (Å²) in [6.07, 6.45) is 1.07. The maximum atomic E-state index is 11.1. The zero-order valence-electron chi connectivity index (χ0n) is 8.55. The van der Waals surface area contributed by atoms with Gasteiger partial charge in [-0.25, -0.2) is 0 Å². The van der Waals surface area contributed by atoms with E-state index in [9.17, 15) is 8.42 Å². The summed E-state index contributed by atoms with van der Waals surface area (Å²) in [7, 11) is -4.05. The highest BCUT2D eigenvalue weighted by Gasteiger charge is 2.23. The number of hydrogen-bond acceptors (Lipinski definition) is 3. The molecule has 0 aliphatic carbocycles. The molecule has 1 aromatic rings. The molecule has 0 heterocycles. The fourth-order valence-electron chi connectivity index (χ4n) is 1.51. The van der Waals surface area contributed by atoms with Gasteiger partial charge >= 0.3 is 0 Å². The lowest BCUT2D eigenvalue weighted by Crippen LogP contribution is -2.12. The van der Waals surface area contributed by atoms with Crippen LogP contribution in [0.3, 0.4) is 0 Å². The first-order valence-electron chi connectivity index (χ1n) is 4.77. The van der Waals surface area contributed by atoms with E-state index in [4.69, 9.17) is 10.3 Å². The van der Waals surface area contributed by atoms with Gasteiger partial charge in [-0.3, -0.25) is 4.55 Å². The van der Waals surface area contributed by atoms with E-state index in [1.54, 1.807) is 24.3 Å². The Morgan fingerprint density at radius 1 is 1.47 bits per heavy atom. The van der Waals surface area contributed by atoms with Crippen LogP contribution in [0.15, 0.2) is 24.3 Å². The Kier molecular flexibility index (Phi) is 3.71. The highest BCUT2D eigenvalue weighted by Crippen LogP contribution is 2.27. The fourth-order valence-corrected chi connectivity index (χ4v) is 2.53. The van der Waals surface area contributed by atoms with Crippen LogP contribution in [0.1, 0.15) is 30.6 Å². The lowest BCUT2D eigenvalue weighted by molar-refractivity contribution is 0.463. The zero-order chi connectivity index (χ0) is 11.5. The smallest absolute Gasteiger partial charge is 0.271 e. The Bertz CT molecular complexity index is 428. The van der Waals surface area contributed by atoms with Gasteiger partial charge in [0.05, 0.1) is 0 Å². The summed E-state index contributed by atoms with van der Waals surface area (Å²) in [6.45, 7) is 1.87. The van der Waals surface area contributed by atoms with Gasteiger partial charge in [-0.1, -0.05) is 25.5 Å². The maximum Gasteiger partial charge on any atom is 0.271 e. The third kappa shape index (κ3) is 3.21. The molecule has 3 N–H and O–H groups in total. The molecule has 0 radical (unpaired) electrons. The van der Waals surface area contributed by atoms with Crippen LogP contribution in [-0.4, -0.2) is 13.0 Å². The van der Waals surface area contributed by atoms with Crippen LogP contribution in [0.25, 0.3) is 0 Å². The third-order valence-electron chi connectivity index (χ3n) is 2.19. The standard InChI is InChI=1S/C10H15NO3S/c1-2-4-10(15(12,13)14)8-5-3-6-9(11)7-8/h3,5-7,10H,2,4,11H2,1H3,(H,12,13,14). The van der Waals surface area contributed by atoms with Crippen molar-refractivity contribution in [3.05, 3.63) is 29.8 Å². The highest BCUT2D eigenvalue weighted by molar-refractivity contribution is 7.86. The van der Waals surface area contributed by atoms with Gasteiger partial charge in [0.25, 0.3) is 10.1 Å². The molecular formula is C10H15NO3S. The van der Waals surface area contributed by atoms with Gasteiger partial charge in [-0.2, -0.15) is 8.42 Å². The van der Waals surface area contributed by atoms with E-state index in [2.05, 4.69) is 0 Å². The van der Waals surface area contributed by atoms with E-state index in [-0.39, 0.29) is 0 Å². The van der Waals surface area contributed by atoms with Crippen molar-refractivity contribution in [2.24, 2.45) is 0 Å². The highest BCUT2D eigenvalue weighted by atomic mass is 32.2. The molecule has 0 bridgehead atoms. The molecule has 0 aromatic heterocycles. The molecule has 0 aliphatic heterocycles. The van der Waals surface area contributed by atoms with Crippen molar-refractivity contribution < 1.29 is 13.0 Å². The van der Waals surface area contributed by atoms with E-state index in [1.165, 1.54) is 0 Å². The van der Waals surface area contributed by atoms with Crippen LogP contribution in [0.2, 0.25) is 0 Å². The van der Waals surface area contributed by atoms with Crippen LogP contribution < -0.4 is 5.73 Å². The minimum atomic E-state index is -4.05. The SMILES string of the molecule is CCCC(c1cccc(N)c1)S(=O)(=O)O. The number of benzene rings is 1. The van der Waals surface area contributed by atoms with Gasteiger partial charge in [0.2, 0.25) is 0 Å². The van der Waals surface area contributed by atoms with Gasteiger partial charge < -0.3 is 5.73 Å². The van der Waals surface area contributed by atoms with E-state index in [0.717, 1.165) is 0 Å². The predicted molar refractivity (Wildman–Crippen MR) is 60.1 cm³/mol. The van der Waals surface area contributed by atoms with E-state index in [0.29, 0.717) is 24.1 Å².